The molecule has 0 aliphatic heterocycles. The lowest BCUT2D eigenvalue weighted by atomic mass is 9.90. The van der Waals surface area contributed by atoms with E-state index in [1.54, 1.807) is 0 Å². The second-order valence-corrected chi connectivity index (χ2v) is 15.6. The lowest BCUT2D eigenvalue weighted by Gasteiger charge is -2.28. The van der Waals surface area contributed by atoms with E-state index in [0.717, 1.165) is 67.2 Å². The molecule has 0 N–H and O–H groups in total. The molecule has 3 heteroatoms. The maximum atomic E-state index is 6.72. The molecule has 0 unspecified atom stereocenters. The van der Waals surface area contributed by atoms with Crippen LogP contribution in [0, 0.1) is 0 Å². The summed E-state index contributed by atoms with van der Waals surface area (Å²) in [7, 11) is 0. The molecule has 0 atom stereocenters. The predicted octanol–water partition coefficient (Wildman–Crippen LogP) is 16.8. The standard InChI is InChI=1S/C58H38N2O/c1-4-17-39(18-5-1)45-23-12-14-28-54(45)60(55-29-16-27-52-49-25-13-15-30-56(49)61-58(52)55)43-32-35-46-40(37-43)31-34-51-48-36-33-44(38-53(48)47-24-10-11-26-50(47)57(46)51)59(41-19-6-2-7-20-41)42-21-8-3-9-22-42/h1-38H. The predicted molar refractivity (Wildman–Crippen MR) is 259 cm³/mol. The molecule has 0 saturated carbocycles. The van der Waals surface area contributed by atoms with Gasteiger partial charge in [0.15, 0.2) is 5.58 Å². The quantitative estimate of drug-likeness (QED) is 0.150. The maximum Gasteiger partial charge on any atom is 0.159 e. The molecule has 12 aromatic rings. The Kier molecular flexibility index (Phi) is 8.17. The van der Waals surface area contributed by atoms with E-state index in [2.05, 4.69) is 234 Å². The summed E-state index contributed by atoms with van der Waals surface area (Å²) in [5.41, 5.74) is 10.5. The van der Waals surface area contributed by atoms with Gasteiger partial charge in [-0.05, 0) is 115 Å². The van der Waals surface area contributed by atoms with E-state index in [9.17, 15) is 0 Å². The smallest absolute Gasteiger partial charge is 0.159 e. The summed E-state index contributed by atoms with van der Waals surface area (Å²) in [4.78, 5) is 4.72. The Bertz CT molecular complexity index is 3540. The fourth-order valence-corrected chi connectivity index (χ4v) is 9.48. The molecule has 286 valence electrons. The van der Waals surface area contributed by atoms with Crippen molar-refractivity contribution in [3.63, 3.8) is 0 Å². The minimum absolute atomic E-state index is 0.861. The van der Waals surface area contributed by atoms with E-state index < -0.39 is 0 Å². The van der Waals surface area contributed by atoms with E-state index in [4.69, 9.17) is 4.42 Å². The van der Waals surface area contributed by atoms with Gasteiger partial charge in [0, 0.05) is 39.1 Å². The number of para-hydroxylation sites is 5. The van der Waals surface area contributed by atoms with Gasteiger partial charge in [-0.3, -0.25) is 0 Å². The highest BCUT2D eigenvalue weighted by Crippen LogP contribution is 2.48. The summed E-state index contributed by atoms with van der Waals surface area (Å²) in [6.07, 6.45) is 0. The van der Waals surface area contributed by atoms with E-state index >= 15 is 0 Å². The molecule has 0 saturated heterocycles. The van der Waals surface area contributed by atoms with Gasteiger partial charge >= 0.3 is 0 Å². The molecule has 0 radical (unpaired) electrons. The van der Waals surface area contributed by atoms with Gasteiger partial charge < -0.3 is 14.2 Å². The molecule has 12 rings (SSSR count). The average molecular weight is 779 g/mol. The fraction of sp³-hybridized carbons (Fsp3) is 0. The van der Waals surface area contributed by atoms with Gasteiger partial charge in [0.25, 0.3) is 0 Å². The molecule has 0 spiro atoms. The number of nitrogens with zero attached hydrogens (tertiary/aromatic N) is 2. The SMILES string of the molecule is c1ccc(-c2ccccc2N(c2ccc3c(ccc4c5ccc(N(c6ccccc6)c6ccccc6)cc5c5ccccc5c34)c2)c2cccc3c2oc2ccccc23)cc1. The number of hydrogen-bond acceptors (Lipinski definition) is 3. The zero-order valence-corrected chi connectivity index (χ0v) is 33.2. The van der Waals surface area contributed by atoms with Crippen molar-refractivity contribution >= 4 is 99.2 Å². The lowest BCUT2D eigenvalue weighted by Crippen LogP contribution is -2.11. The molecule has 61 heavy (non-hydrogen) atoms. The minimum Gasteiger partial charge on any atom is -0.454 e. The highest BCUT2D eigenvalue weighted by molar-refractivity contribution is 6.32. The van der Waals surface area contributed by atoms with Crippen molar-refractivity contribution in [3.8, 4) is 11.1 Å². The number of furan rings is 1. The van der Waals surface area contributed by atoms with Crippen LogP contribution in [0.15, 0.2) is 235 Å². The largest absolute Gasteiger partial charge is 0.454 e. The van der Waals surface area contributed by atoms with E-state index in [0.29, 0.717) is 0 Å². The van der Waals surface area contributed by atoms with Crippen molar-refractivity contribution in [2.75, 3.05) is 9.80 Å². The van der Waals surface area contributed by atoms with E-state index in [-0.39, 0.29) is 0 Å². The maximum absolute atomic E-state index is 6.72. The van der Waals surface area contributed by atoms with Gasteiger partial charge in [-0.2, -0.15) is 0 Å². The van der Waals surface area contributed by atoms with Crippen LogP contribution < -0.4 is 9.80 Å². The fourth-order valence-electron chi connectivity index (χ4n) is 9.48. The monoisotopic (exact) mass is 778 g/mol. The van der Waals surface area contributed by atoms with Gasteiger partial charge in [0.1, 0.15) is 5.58 Å². The summed E-state index contributed by atoms with van der Waals surface area (Å²) in [5.74, 6) is 0. The Morgan fingerprint density at radius 3 is 1.61 bits per heavy atom. The molecule has 1 aromatic heterocycles. The number of fused-ring (bicyclic) bond motifs is 11. The molecule has 11 aromatic carbocycles. The average Bonchev–Trinajstić information content (AvgIpc) is 3.72. The van der Waals surface area contributed by atoms with Crippen LogP contribution in [-0.4, -0.2) is 0 Å². The highest BCUT2D eigenvalue weighted by atomic mass is 16.3. The molecule has 0 aliphatic rings. The second-order valence-electron chi connectivity index (χ2n) is 15.6. The topological polar surface area (TPSA) is 19.6 Å². The Labute approximate surface area is 353 Å². The first-order valence-corrected chi connectivity index (χ1v) is 20.8. The number of anilines is 6. The third-order valence-corrected chi connectivity index (χ3v) is 12.2. The summed E-state index contributed by atoms with van der Waals surface area (Å²) < 4.78 is 6.72. The minimum atomic E-state index is 0.861. The van der Waals surface area contributed by atoms with Crippen molar-refractivity contribution < 1.29 is 4.42 Å². The van der Waals surface area contributed by atoms with Gasteiger partial charge in [0.2, 0.25) is 0 Å². The van der Waals surface area contributed by atoms with Crippen LogP contribution in [0.25, 0.3) is 76.2 Å². The zero-order valence-electron chi connectivity index (χ0n) is 33.2. The van der Waals surface area contributed by atoms with Gasteiger partial charge in [0.05, 0.1) is 11.4 Å². The number of benzene rings is 11. The summed E-state index contributed by atoms with van der Waals surface area (Å²) in [6, 6.07) is 82.8. The molecule has 0 fully saturated rings. The van der Waals surface area contributed by atoms with Crippen LogP contribution in [0.5, 0.6) is 0 Å². The summed E-state index contributed by atoms with van der Waals surface area (Å²) >= 11 is 0. The lowest BCUT2D eigenvalue weighted by molar-refractivity contribution is 0.669. The number of rotatable bonds is 7. The van der Waals surface area contributed by atoms with Crippen LogP contribution in [0.2, 0.25) is 0 Å². The van der Waals surface area contributed by atoms with Crippen LogP contribution in [0.3, 0.4) is 0 Å². The number of hydrogen-bond donors (Lipinski definition) is 0. The van der Waals surface area contributed by atoms with Crippen LogP contribution in [-0.2, 0) is 0 Å². The van der Waals surface area contributed by atoms with E-state index in [1.165, 1.54) is 43.1 Å². The van der Waals surface area contributed by atoms with Crippen LogP contribution >= 0.6 is 0 Å². The Morgan fingerprint density at radius 1 is 0.295 bits per heavy atom. The van der Waals surface area contributed by atoms with Crippen molar-refractivity contribution in [1.29, 1.82) is 0 Å². The van der Waals surface area contributed by atoms with E-state index in [1.807, 2.05) is 6.07 Å². The third-order valence-electron chi connectivity index (χ3n) is 12.2. The zero-order chi connectivity index (χ0) is 40.3. The second kappa shape index (κ2) is 14.3. The van der Waals surface area contributed by atoms with Gasteiger partial charge in [-0.1, -0.05) is 164 Å². The summed E-state index contributed by atoms with van der Waals surface area (Å²) in [5, 5.41) is 12.0. The highest BCUT2D eigenvalue weighted by Gasteiger charge is 2.23. The van der Waals surface area contributed by atoms with Crippen molar-refractivity contribution in [1.82, 2.24) is 0 Å². The first-order chi connectivity index (χ1) is 30.3. The summed E-state index contributed by atoms with van der Waals surface area (Å²) in [6.45, 7) is 0. The Hall–Kier alpha value is -8.14. The van der Waals surface area contributed by atoms with Crippen molar-refractivity contribution in [2.24, 2.45) is 0 Å². The first kappa shape index (κ1) is 34.9. The molecular weight excluding hydrogens is 741 g/mol. The molecule has 0 amide bonds. The Balaban J connectivity index is 1.08. The molecule has 0 bridgehead atoms. The van der Waals surface area contributed by atoms with Crippen molar-refractivity contribution in [2.45, 2.75) is 0 Å². The Morgan fingerprint density at radius 2 is 0.836 bits per heavy atom. The molecule has 0 aliphatic carbocycles. The molecule has 1 heterocycles. The van der Waals surface area contributed by atoms with Crippen LogP contribution in [0.1, 0.15) is 0 Å². The van der Waals surface area contributed by atoms with Gasteiger partial charge in [-0.25, -0.2) is 0 Å². The molecule has 3 nitrogen and oxygen atoms in total. The molecular formula is C58H38N2O. The normalized spacial score (nSPS) is 11.6. The first-order valence-electron chi connectivity index (χ1n) is 20.8. The van der Waals surface area contributed by atoms with Crippen LogP contribution in [0.4, 0.5) is 34.1 Å². The third kappa shape index (κ3) is 5.74. The van der Waals surface area contributed by atoms with Gasteiger partial charge in [-0.15, -0.1) is 0 Å². The van der Waals surface area contributed by atoms with Crippen molar-refractivity contribution in [3.05, 3.63) is 231 Å².